The van der Waals surface area contributed by atoms with Crippen molar-refractivity contribution in [2.24, 2.45) is 0 Å². The summed E-state index contributed by atoms with van der Waals surface area (Å²) in [4.78, 5) is 0. The SMILES string of the molecule is CNc1ccc(Cl)cc1-n1nnc2c1CCCN2. The van der Waals surface area contributed by atoms with Gasteiger partial charge in [-0.05, 0) is 31.0 Å². The fourth-order valence-electron chi connectivity index (χ4n) is 2.21. The lowest BCUT2D eigenvalue weighted by Crippen LogP contribution is -2.14. The minimum absolute atomic E-state index is 0.692. The van der Waals surface area contributed by atoms with Crippen LogP contribution in [0.15, 0.2) is 18.2 Å². The Morgan fingerprint density at radius 3 is 3.17 bits per heavy atom. The minimum atomic E-state index is 0.692. The van der Waals surface area contributed by atoms with E-state index in [9.17, 15) is 0 Å². The number of nitrogens with one attached hydrogen (secondary N) is 2. The van der Waals surface area contributed by atoms with Gasteiger partial charge in [0.1, 0.15) is 0 Å². The Kier molecular flexibility index (Phi) is 2.83. The third-order valence-electron chi connectivity index (χ3n) is 3.10. The Balaban J connectivity index is 2.14. The first-order valence-corrected chi connectivity index (χ1v) is 6.33. The van der Waals surface area contributed by atoms with Crippen LogP contribution >= 0.6 is 11.6 Å². The fourth-order valence-corrected chi connectivity index (χ4v) is 2.38. The third kappa shape index (κ3) is 1.80. The van der Waals surface area contributed by atoms with E-state index >= 15 is 0 Å². The zero-order valence-corrected chi connectivity index (χ0v) is 10.8. The molecule has 0 saturated heterocycles. The summed E-state index contributed by atoms with van der Waals surface area (Å²) in [6.07, 6.45) is 2.07. The number of fused-ring (bicyclic) bond motifs is 1. The van der Waals surface area contributed by atoms with Crippen molar-refractivity contribution in [1.29, 1.82) is 0 Å². The smallest absolute Gasteiger partial charge is 0.172 e. The highest BCUT2D eigenvalue weighted by Crippen LogP contribution is 2.28. The molecule has 0 saturated carbocycles. The van der Waals surface area contributed by atoms with Gasteiger partial charge in [0, 0.05) is 18.6 Å². The Labute approximate surface area is 110 Å². The van der Waals surface area contributed by atoms with E-state index in [1.54, 1.807) is 0 Å². The second-order valence-corrected chi connectivity index (χ2v) is 4.67. The molecule has 0 spiro atoms. The molecule has 94 valence electrons. The topological polar surface area (TPSA) is 54.8 Å². The van der Waals surface area contributed by atoms with Crippen LogP contribution < -0.4 is 10.6 Å². The molecular weight excluding hydrogens is 250 g/mol. The summed E-state index contributed by atoms with van der Waals surface area (Å²) in [7, 11) is 1.88. The Morgan fingerprint density at radius 2 is 2.33 bits per heavy atom. The van der Waals surface area contributed by atoms with Gasteiger partial charge in [-0.25, -0.2) is 4.68 Å². The van der Waals surface area contributed by atoms with Gasteiger partial charge < -0.3 is 10.6 Å². The first-order valence-electron chi connectivity index (χ1n) is 5.95. The van der Waals surface area contributed by atoms with E-state index in [1.165, 1.54) is 0 Å². The number of hydrogen-bond donors (Lipinski definition) is 2. The molecule has 5 nitrogen and oxygen atoms in total. The molecule has 1 aromatic heterocycles. The van der Waals surface area contributed by atoms with Crippen molar-refractivity contribution in [2.75, 3.05) is 24.2 Å². The van der Waals surface area contributed by atoms with Gasteiger partial charge in [0.15, 0.2) is 5.82 Å². The van der Waals surface area contributed by atoms with Gasteiger partial charge in [-0.2, -0.15) is 0 Å². The molecule has 2 N–H and O–H groups in total. The van der Waals surface area contributed by atoms with Crippen molar-refractivity contribution in [3.8, 4) is 5.69 Å². The molecule has 0 fully saturated rings. The van der Waals surface area contributed by atoms with Crippen LogP contribution in [0, 0.1) is 0 Å². The molecule has 0 aliphatic carbocycles. The zero-order valence-electron chi connectivity index (χ0n) is 10.1. The largest absolute Gasteiger partial charge is 0.386 e. The molecule has 1 aliphatic rings. The third-order valence-corrected chi connectivity index (χ3v) is 3.34. The van der Waals surface area contributed by atoms with Gasteiger partial charge in [0.2, 0.25) is 0 Å². The van der Waals surface area contributed by atoms with Gasteiger partial charge in [-0.3, -0.25) is 0 Å². The lowest BCUT2D eigenvalue weighted by Gasteiger charge is -2.15. The predicted molar refractivity (Wildman–Crippen MR) is 72.7 cm³/mol. The summed E-state index contributed by atoms with van der Waals surface area (Å²) in [5, 5.41) is 15.5. The molecule has 1 aromatic carbocycles. The minimum Gasteiger partial charge on any atom is -0.386 e. The molecule has 0 bridgehead atoms. The molecule has 1 aliphatic heterocycles. The van der Waals surface area contributed by atoms with Gasteiger partial charge in [0.25, 0.3) is 0 Å². The van der Waals surface area contributed by atoms with E-state index in [4.69, 9.17) is 11.6 Å². The van der Waals surface area contributed by atoms with Crippen molar-refractivity contribution < 1.29 is 0 Å². The van der Waals surface area contributed by atoms with Crippen molar-refractivity contribution in [3.63, 3.8) is 0 Å². The zero-order chi connectivity index (χ0) is 12.5. The van der Waals surface area contributed by atoms with E-state index in [-0.39, 0.29) is 0 Å². The summed E-state index contributed by atoms with van der Waals surface area (Å²) in [5.41, 5.74) is 3.03. The van der Waals surface area contributed by atoms with Crippen LogP contribution in [0.5, 0.6) is 0 Å². The molecule has 2 heterocycles. The predicted octanol–water partition coefficient (Wildman–Crippen LogP) is 2.32. The highest BCUT2D eigenvalue weighted by Gasteiger charge is 2.19. The maximum atomic E-state index is 6.07. The standard InChI is InChI=1S/C12H14ClN5/c1-14-9-5-4-8(13)7-11(9)18-10-3-2-6-15-12(10)16-17-18/h4-5,7,14-15H,2-3,6H2,1H3. The Hall–Kier alpha value is -1.75. The van der Waals surface area contributed by atoms with E-state index in [0.717, 1.165) is 42.3 Å². The average Bonchev–Trinajstić information content (AvgIpc) is 2.82. The molecule has 0 radical (unpaired) electrons. The molecule has 2 aromatic rings. The molecular formula is C12H14ClN5. The highest BCUT2D eigenvalue weighted by atomic mass is 35.5. The lowest BCUT2D eigenvalue weighted by molar-refractivity contribution is 0.732. The normalized spacial score (nSPS) is 13.9. The molecule has 3 rings (SSSR count). The second-order valence-electron chi connectivity index (χ2n) is 4.24. The summed E-state index contributed by atoms with van der Waals surface area (Å²) in [6.45, 7) is 0.958. The summed E-state index contributed by atoms with van der Waals surface area (Å²) in [6, 6.07) is 5.71. The van der Waals surface area contributed by atoms with E-state index in [1.807, 2.05) is 29.9 Å². The Bertz CT molecular complexity index is 578. The van der Waals surface area contributed by atoms with Gasteiger partial charge in [-0.15, -0.1) is 5.10 Å². The first kappa shape index (κ1) is 11.3. The molecule has 0 unspecified atom stereocenters. The van der Waals surface area contributed by atoms with Gasteiger partial charge in [-0.1, -0.05) is 16.8 Å². The Morgan fingerprint density at radius 1 is 1.44 bits per heavy atom. The number of halogens is 1. The fraction of sp³-hybridized carbons (Fsp3) is 0.333. The van der Waals surface area contributed by atoms with Gasteiger partial charge >= 0.3 is 0 Å². The first-order chi connectivity index (χ1) is 8.79. The van der Waals surface area contributed by atoms with Crippen LogP contribution in [0.3, 0.4) is 0 Å². The van der Waals surface area contributed by atoms with E-state index < -0.39 is 0 Å². The maximum absolute atomic E-state index is 6.07. The number of benzene rings is 1. The monoisotopic (exact) mass is 263 g/mol. The summed E-state index contributed by atoms with van der Waals surface area (Å²) < 4.78 is 1.86. The second kappa shape index (κ2) is 4.49. The van der Waals surface area contributed by atoms with E-state index in [2.05, 4.69) is 20.9 Å². The van der Waals surface area contributed by atoms with Crippen molar-refractivity contribution >= 4 is 23.1 Å². The quantitative estimate of drug-likeness (QED) is 0.873. The van der Waals surface area contributed by atoms with Crippen molar-refractivity contribution in [1.82, 2.24) is 15.0 Å². The van der Waals surface area contributed by atoms with Crippen LogP contribution in [0.25, 0.3) is 5.69 Å². The van der Waals surface area contributed by atoms with Crippen LogP contribution in [-0.2, 0) is 6.42 Å². The van der Waals surface area contributed by atoms with Crippen LogP contribution in [0.2, 0.25) is 5.02 Å². The number of aromatic nitrogens is 3. The molecule has 6 heteroatoms. The van der Waals surface area contributed by atoms with Crippen molar-refractivity contribution in [3.05, 3.63) is 28.9 Å². The maximum Gasteiger partial charge on any atom is 0.172 e. The number of anilines is 2. The summed E-state index contributed by atoms with van der Waals surface area (Å²) in [5.74, 6) is 0.878. The molecule has 0 atom stereocenters. The van der Waals surface area contributed by atoms with Crippen LogP contribution in [0.1, 0.15) is 12.1 Å². The summed E-state index contributed by atoms with van der Waals surface area (Å²) >= 11 is 6.07. The average molecular weight is 264 g/mol. The number of hydrogen-bond acceptors (Lipinski definition) is 4. The van der Waals surface area contributed by atoms with E-state index in [0.29, 0.717) is 5.02 Å². The molecule has 18 heavy (non-hydrogen) atoms. The highest BCUT2D eigenvalue weighted by molar-refractivity contribution is 6.30. The van der Waals surface area contributed by atoms with Crippen molar-refractivity contribution in [2.45, 2.75) is 12.8 Å². The lowest BCUT2D eigenvalue weighted by atomic mass is 10.1. The molecule has 0 amide bonds. The number of rotatable bonds is 2. The van der Waals surface area contributed by atoms with Gasteiger partial charge in [0.05, 0.1) is 17.1 Å². The van der Waals surface area contributed by atoms with Crippen LogP contribution in [0.4, 0.5) is 11.5 Å². The number of nitrogens with zero attached hydrogens (tertiary/aromatic N) is 3. The van der Waals surface area contributed by atoms with Crippen LogP contribution in [-0.4, -0.2) is 28.6 Å².